The number of likely N-dealkylation sites (tertiary alicyclic amines) is 1. The summed E-state index contributed by atoms with van der Waals surface area (Å²) in [5.41, 5.74) is -0.793. The SMILES string of the molecule is CC(C)(C)OC(=O)N1CCCCC[C@H]1C(=O)Nc1cc(C(C)(C)C)on1.O=P(Cl)(Cl)Cl. The molecule has 1 aliphatic heterocycles. The molecule has 0 aliphatic carbocycles. The number of carbonyl (C=O) groups is 2. The number of carbonyl (C=O) groups excluding carboxylic acids is 2. The minimum absolute atomic E-state index is 0.194. The highest BCUT2D eigenvalue weighted by Gasteiger charge is 2.34. The lowest BCUT2D eigenvalue weighted by Crippen LogP contribution is -2.48. The smallest absolute Gasteiger partial charge is 0.410 e. The first-order chi connectivity index (χ1) is 14.0. The van der Waals surface area contributed by atoms with Gasteiger partial charge in [0.1, 0.15) is 17.4 Å². The molecule has 1 saturated heterocycles. The molecule has 1 fully saturated rings. The van der Waals surface area contributed by atoms with Crippen molar-refractivity contribution in [1.82, 2.24) is 10.1 Å². The fourth-order valence-electron chi connectivity index (χ4n) is 2.82. The second kappa shape index (κ2) is 11.3. The van der Waals surface area contributed by atoms with Gasteiger partial charge in [-0.3, -0.25) is 14.3 Å². The van der Waals surface area contributed by atoms with Gasteiger partial charge in [0, 0.05) is 18.0 Å². The molecule has 0 saturated carbocycles. The molecule has 0 radical (unpaired) electrons. The van der Waals surface area contributed by atoms with Gasteiger partial charge in [-0.25, -0.2) is 4.79 Å². The van der Waals surface area contributed by atoms with E-state index < -0.39 is 22.9 Å². The summed E-state index contributed by atoms with van der Waals surface area (Å²) in [6.07, 6.45) is 2.90. The third-order valence-electron chi connectivity index (χ3n) is 4.18. The molecule has 0 bridgehead atoms. The lowest BCUT2D eigenvalue weighted by atomic mass is 9.93. The van der Waals surface area contributed by atoms with Crippen LogP contribution in [0.2, 0.25) is 0 Å². The number of hydrogen-bond acceptors (Lipinski definition) is 6. The quantitative estimate of drug-likeness (QED) is 0.427. The summed E-state index contributed by atoms with van der Waals surface area (Å²) < 4.78 is 20.3. The predicted octanol–water partition coefficient (Wildman–Crippen LogP) is 6.90. The van der Waals surface area contributed by atoms with Gasteiger partial charge in [0.15, 0.2) is 5.82 Å². The lowest BCUT2D eigenvalue weighted by Gasteiger charge is -2.31. The van der Waals surface area contributed by atoms with Gasteiger partial charge in [-0.05, 0) is 67.3 Å². The minimum Gasteiger partial charge on any atom is -0.444 e. The number of halogens is 3. The number of nitrogens with one attached hydrogen (secondary N) is 1. The number of amides is 2. The van der Waals surface area contributed by atoms with Crippen LogP contribution < -0.4 is 5.32 Å². The van der Waals surface area contributed by atoms with E-state index in [1.165, 1.54) is 0 Å². The lowest BCUT2D eigenvalue weighted by molar-refractivity contribution is -0.121. The Morgan fingerprint density at radius 1 is 1.16 bits per heavy atom. The predicted molar refractivity (Wildman–Crippen MR) is 124 cm³/mol. The Labute approximate surface area is 198 Å². The number of nitrogens with zero attached hydrogens (tertiary/aromatic N) is 2. The van der Waals surface area contributed by atoms with E-state index in [-0.39, 0.29) is 11.3 Å². The van der Waals surface area contributed by atoms with E-state index in [1.807, 2.05) is 41.5 Å². The Hall–Kier alpha value is -0.950. The third-order valence-corrected chi connectivity index (χ3v) is 4.18. The van der Waals surface area contributed by atoms with Crippen molar-refractivity contribution < 1.29 is 23.4 Å². The molecule has 1 aliphatic rings. The zero-order chi connectivity index (χ0) is 24.0. The average molecular weight is 519 g/mol. The van der Waals surface area contributed by atoms with E-state index in [4.69, 9.17) is 9.26 Å². The molecule has 0 spiro atoms. The van der Waals surface area contributed by atoms with Crippen LogP contribution >= 0.6 is 38.9 Å². The number of hydrogen-bond donors (Lipinski definition) is 1. The molecule has 2 amide bonds. The monoisotopic (exact) mass is 517 g/mol. The molecule has 0 unspecified atom stereocenters. The van der Waals surface area contributed by atoms with Gasteiger partial charge in [-0.2, -0.15) is 0 Å². The highest BCUT2D eigenvalue weighted by molar-refractivity contribution is 8.24. The topological polar surface area (TPSA) is 102 Å². The van der Waals surface area contributed by atoms with Gasteiger partial charge in [0.2, 0.25) is 5.91 Å². The molecule has 1 aromatic rings. The largest absolute Gasteiger partial charge is 0.444 e. The summed E-state index contributed by atoms with van der Waals surface area (Å²) in [7, 11) is 0. The maximum atomic E-state index is 12.8. The second-order valence-corrected chi connectivity index (χ2v) is 15.9. The number of anilines is 1. The summed E-state index contributed by atoms with van der Waals surface area (Å²) in [6.45, 7) is 12.0. The number of aromatic nitrogens is 1. The van der Waals surface area contributed by atoms with Crippen molar-refractivity contribution in [3.05, 3.63) is 11.8 Å². The van der Waals surface area contributed by atoms with Crippen molar-refractivity contribution in [1.29, 1.82) is 0 Å². The molecule has 1 N–H and O–H groups in total. The van der Waals surface area contributed by atoms with Crippen molar-refractivity contribution >= 4 is 56.7 Å². The standard InChI is InChI=1S/C19H31N3O4.Cl3OP/c1-18(2,3)14-12-15(21-26-14)20-16(23)13-10-8-7-9-11-22(13)17(24)25-19(4,5)6;1-5(2,3)4/h12-13H,7-11H2,1-6H3,(H,20,21,23);/t13-;/m0./s1. The minimum atomic E-state index is -3.22. The summed E-state index contributed by atoms with van der Waals surface area (Å²) in [4.78, 5) is 26.9. The summed E-state index contributed by atoms with van der Waals surface area (Å²) in [5.74, 6) is 0.803. The van der Waals surface area contributed by atoms with Crippen LogP contribution in [0.15, 0.2) is 10.6 Å². The Morgan fingerprint density at radius 2 is 1.74 bits per heavy atom. The van der Waals surface area contributed by atoms with Crippen LogP contribution in [-0.2, 0) is 19.5 Å². The molecule has 0 aromatic carbocycles. The van der Waals surface area contributed by atoms with Crippen molar-refractivity contribution in [2.75, 3.05) is 11.9 Å². The van der Waals surface area contributed by atoms with Crippen molar-refractivity contribution in [2.45, 2.75) is 84.3 Å². The molecule has 31 heavy (non-hydrogen) atoms. The van der Waals surface area contributed by atoms with Crippen LogP contribution in [0.5, 0.6) is 0 Å². The van der Waals surface area contributed by atoms with Gasteiger partial charge in [-0.15, -0.1) is 0 Å². The average Bonchev–Trinajstić information content (AvgIpc) is 2.87. The van der Waals surface area contributed by atoms with Gasteiger partial charge < -0.3 is 14.6 Å². The van der Waals surface area contributed by atoms with Crippen LogP contribution in [0.4, 0.5) is 10.6 Å². The maximum Gasteiger partial charge on any atom is 0.410 e. The number of ether oxygens (including phenoxy) is 1. The molecule has 1 atom stereocenters. The summed E-state index contributed by atoms with van der Waals surface area (Å²) >= 11 is 13.8. The van der Waals surface area contributed by atoms with Crippen LogP contribution in [0.1, 0.15) is 73.0 Å². The van der Waals surface area contributed by atoms with Crippen molar-refractivity contribution in [3.8, 4) is 0 Å². The molecule has 2 rings (SSSR count). The van der Waals surface area contributed by atoms with E-state index in [2.05, 4.69) is 44.2 Å². The Balaban J connectivity index is 0.000000861. The van der Waals surface area contributed by atoms with Crippen LogP contribution in [-0.4, -0.2) is 40.2 Å². The Morgan fingerprint density at radius 3 is 2.23 bits per heavy atom. The Kier molecular flexibility index (Phi) is 10.2. The fraction of sp³-hybridized carbons (Fsp3) is 0.737. The van der Waals surface area contributed by atoms with Gasteiger partial charge in [0.05, 0.1) is 0 Å². The maximum absolute atomic E-state index is 12.8. The van der Waals surface area contributed by atoms with Crippen LogP contribution in [0.25, 0.3) is 0 Å². The second-order valence-electron chi connectivity index (χ2n) is 9.25. The third kappa shape index (κ3) is 11.5. The molecule has 12 heteroatoms. The summed E-state index contributed by atoms with van der Waals surface area (Å²) in [6, 6.07) is 1.16. The molecule has 2 heterocycles. The van der Waals surface area contributed by atoms with Gasteiger partial charge >= 0.3 is 11.3 Å². The van der Waals surface area contributed by atoms with Crippen LogP contribution in [0, 0.1) is 0 Å². The van der Waals surface area contributed by atoms with E-state index in [0.29, 0.717) is 24.5 Å². The molecule has 8 nitrogen and oxygen atoms in total. The summed E-state index contributed by atoms with van der Waals surface area (Å²) in [5, 5.41) is 3.49. The van der Waals surface area contributed by atoms with Gasteiger partial charge in [-0.1, -0.05) is 38.8 Å². The van der Waals surface area contributed by atoms with Crippen molar-refractivity contribution in [3.63, 3.8) is 0 Å². The fourth-order valence-corrected chi connectivity index (χ4v) is 2.82. The van der Waals surface area contributed by atoms with Crippen molar-refractivity contribution in [2.24, 2.45) is 0 Å². The molecular formula is C19H31Cl3N3O5P. The zero-order valence-corrected chi connectivity index (χ0v) is 21.9. The van der Waals surface area contributed by atoms with Crippen LogP contribution in [0.3, 0.4) is 0 Å². The first kappa shape index (κ1) is 28.1. The highest BCUT2D eigenvalue weighted by Crippen LogP contribution is 2.61. The molecule has 1 aromatic heterocycles. The molecule has 178 valence electrons. The van der Waals surface area contributed by atoms with Gasteiger partial charge in [0.25, 0.3) is 0 Å². The molecular weight excluding hydrogens is 488 g/mol. The first-order valence-electron chi connectivity index (χ1n) is 9.94. The van der Waals surface area contributed by atoms with E-state index in [9.17, 15) is 14.2 Å². The zero-order valence-electron chi connectivity index (χ0n) is 18.7. The Bertz CT molecular complexity index is 790. The van der Waals surface area contributed by atoms with E-state index in [1.54, 1.807) is 11.0 Å². The van der Waals surface area contributed by atoms with E-state index >= 15 is 0 Å². The van der Waals surface area contributed by atoms with E-state index in [0.717, 1.165) is 19.3 Å². The number of rotatable bonds is 2. The highest BCUT2D eigenvalue weighted by atomic mass is 36.0. The normalized spacial score (nSPS) is 17.8. The first-order valence-corrected chi connectivity index (χ1v) is 14.4.